The first-order valence-corrected chi connectivity index (χ1v) is 4.48. The molecule has 0 aromatic rings. The molecule has 0 heterocycles. The highest BCUT2D eigenvalue weighted by atomic mass is 14.8. The van der Waals surface area contributed by atoms with Gasteiger partial charge in [0, 0.05) is 6.54 Å². The Bertz CT molecular complexity index is 74.8. The van der Waals surface area contributed by atoms with E-state index >= 15 is 0 Å². The molecule has 1 heteroatoms. The van der Waals surface area contributed by atoms with Crippen LogP contribution in [0.4, 0.5) is 0 Å². The molecular formula is C9H18N. The van der Waals surface area contributed by atoms with E-state index in [4.69, 9.17) is 0 Å². The van der Waals surface area contributed by atoms with Gasteiger partial charge >= 0.3 is 0 Å². The summed E-state index contributed by atoms with van der Waals surface area (Å²) in [6.45, 7) is 5.55. The van der Waals surface area contributed by atoms with E-state index in [1.165, 1.54) is 32.2 Å². The van der Waals surface area contributed by atoms with Crippen molar-refractivity contribution in [3.63, 3.8) is 0 Å². The average molecular weight is 140 g/mol. The largest absolute Gasteiger partial charge is 0.312 e. The van der Waals surface area contributed by atoms with Gasteiger partial charge in [-0.1, -0.05) is 19.8 Å². The number of rotatable bonds is 4. The quantitative estimate of drug-likeness (QED) is 0.591. The van der Waals surface area contributed by atoms with Crippen LogP contribution < -0.4 is 5.32 Å². The molecule has 0 spiro atoms. The molecule has 0 aliphatic heterocycles. The van der Waals surface area contributed by atoms with Crippen molar-refractivity contribution in [2.75, 3.05) is 6.54 Å². The third kappa shape index (κ3) is 2.70. The maximum absolute atomic E-state index is 3.35. The van der Waals surface area contributed by atoms with Crippen LogP contribution in [0.2, 0.25) is 0 Å². The van der Waals surface area contributed by atoms with Crippen molar-refractivity contribution >= 4 is 0 Å². The maximum Gasteiger partial charge on any atom is 0.0218 e. The molecule has 1 N–H and O–H groups in total. The molecule has 0 aromatic heterocycles. The molecule has 0 unspecified atom stereocenters. The third-order valence-electron chi connectivity index (χ3n) is 2.23. The summed E-state index contributed by atoms with van der Waals surface area (Å²) in [4.78, 5) is 0. The number of nitrogens with one attached hydrogen (secondary N) is 1. The van der Waals surface area contributed by atoms with Crippen molar-refractivity contribution in [2.45, 2.75) is 39.0 Å². The highest BCUT2D eigenvalue weighted by Crippen LogP contribution is 2.23. The lowest BCUT2D eigenvalue weighted by Gasteiger charge is -2.08. The molecule has 1 rings (SSSR count). The van der Waals surface area contributed by atoms with E-state index in [1.54, 1.807) is 0 Å². The highest BCUT2D eigenvalue weighted by molar-refractivity contribution is 4.71. The molecule has 1 aliphatic carbocycles. The van der Waals surface area contributed by atoms with Crippen molar-refractivity contribution in [2.24, 2.45) is 5.92 Å². The van der Waals surface area contributed by atoms with E-state index in [1.807, 2.05) is 0 Å². The van der Waals surface area contributed by atoms with E-state index in [-0.39, 0.29) is 0 Å². The zero-order valence-corrected chi connectivity index (χ0v) is 6.90. The van der Waals surface area contributed by atoms with Crippen LogP contribution >= 0.6 is 0 Å². The predicted octanol–water partition coefficient (Wildman–Crippen LogP) is 2.34. The van der Waals surface area contributed by atoms with Crippen LogP contribution in [0.15, 0.2) is 0 Å². The fourth-order valence-corrected chi connectivity index (χ4v) is 1.61. The summed E-state index contributed by atoms with van der Waals surface area (Å²) in [6, 6.07) is 0. The second-order valence-electron chi connectivity index (χ2n) is 3.17. The first-order valence-electron chi connectivity index (χ1n) is 4.48. The second-order valence-corrected chi connectivity index (χ2v) is 3.17. The monoisotopic (exact) mass is 140 g/mol. The summed E-state index contributed by atoms with van der Waals surface area (Å²) in [7, 11) is 0. The van der Waals surface area contributed by atoms with E-state index in [2.05, 4.69) is 18.8 Å². The standard InChI is InChI=1S/C9H18N/c1-2-7-10-8-9-5-3-4-6-9/h7,9-10H,2-6,8H2,1H3. The van der Waals surface area contributed by atoms with Crippen LogP contribution in [0, 0.1) is 12.5 Å². The van der Waals surface area contributed by atoms with Crippen molar-refractivity contribution < 1.29 is 0 Å². The summed E-state index contributed by atoms with van der Waals surface area (Å²) < 4.78 is 0. The molecule has 0 atom stereocenters. The van der Waals surface area contributed by atoms with Gasteiger partial charge < -0.3 is 5.32 Å². The lowest BCUT2D eigenvalue weighted by Crippen LogP contribution is -2.17. The minimum Gasteiger partial charge on any atom is -0.312 e. The third-order valence-corrected chi connectivity index (χ3v) is 2.23. The Morgan fingerprint density at radius 3 is 2.70 bits per heavy atom. The smallest absolute Gasteiger partial charge is 0.0218 e. The van der Waals surface area contributed by atoms with Gasteiger partial charge in [0.15, 0.2) is 0 Å². The van der Waals surface area contributed by atoms with Gasteiger partial charge in [-0.05, 0) is 31.7 Å². The molecule has 0 aromatic carbocycles. The number of hydrogen-bond acceptors (Lipinski definition) is 1. The SMILES string of the molecule is CC[CH]NCC1CCCC1. The minimum absolute atomic E-state index is 0.975. The Kier molecular flexibility index (Phi) is 3.81. The van der Waals surface area contributed by atoms with Crippen molar-refractivity contribution in [1.82, 2.24) is 5.32 Å². The Labute approximate surface area is 64.2 Å². The van der Waals surface area contributed by atoms with Gasteiger partial charge in [0.05, 0.1) is 0 Å². The van der Waals surface area contributed by atoms with Gasteiger partial charge in [-0.2, -0.15) is 0 Å². The van der Waals surface area contributed by atoms with Crippen LogP contribution in [0.5, 0.6) is 0 Å². The zero-order chi connectivity index (χ0) is 7.23. The van der Waals surface area contributed by atoms with Crippen LogP contribution in [0.25, 0.3) is 0 Å². The molecule has 1 nitrogen and oxygen atoms in total. The molecule has 10 heavy (non-hydrogen) atoms. The van der Waals surface area contributed by atoms with Crippen LogP contribution in [-0.4, -0.2) is 6.54 Å². The molecular weight excluding hydrogens is 122 g/mol. The first-order chi connectivity index (χ1) is 4.93. The van der Waals surface area contributed by atoms with Crippen LogP contribution in [0.3, 0.4) is 0 Å². The molecule has 1 radical (unpaired) electrons. The zero-order valence-electron chi connectivity index (χ0n) is 6.90. The van der Waals surface area contributed by atoms with Crippen molar-refractivity contribution in [3.8, 4) is 0 Å². The van der Waals surface area contributed by atoms with Gasteiger partial charge in [-0.15, -0.1) is 0 Å². The van der Waals surface area contributed by atoms with Gasteiger partial charge in [0.2, 0.25) is 0 Å². The predicted molar refractivity (Wildman–Crippen MR) is 44.6 cm³/mol. The van der Waals surface area contributed by atoms with E-state index < -0.39 is 0 Å². The van der Waals surface area contributed by atoms with Crippen LogP contribution in [-0.2, 0) is 0 Å². The summed E-state index contributed by atoms with van der Waals surface area (Å²) in [6.07, 6.45) is 6.96. The Balaban J connectivity index is 1.91. The van der Waals surface area contributed by atoms with Gasteiger partial charge in [-0.3, -0.25) is 0 Å². The Hall–Kier alpha value is -0.0400. The summed E-state index contributed by atoms with van der Waals surface area (Å²) in [5.74, 6) is 0.975. The lowest BCUT2D eigenvalue weighted by atomic mass is 10.1. The van der Waals surface area contributed by atoms with E-state index in [0.29, 0.717) is 0 Å². The highest BCUT2D eigenvalue weighted by Gasteiger charge is 2.13. The second kappa shape index (κ2) is 4.73. The summed E-state index contributed by atoms with van der Waals surface area (Å²) >= 11 is 0. The van der Waals surface area contributed by atoms with Crippen molar-refractivity contribution in [3.05, 3.63) is 6.54 Å². The fraction of sp³-hybridized carbons (Fsp3) is 0.889. The van der Waals surface area contributed by atoms with E-state index in [9.17, 15) is 0 Å². The molecule has 1 saturated carbocycles. The molecule has 1 fully saturated rings. The topological polar surface area (TPSA) is 12.0 Å². The Morgan fingerprint density at radius 1 is 1.40 bits per heavy atom. The van der Waals surface area contributed by atoms with Gasteiger partial charge in [0.1, 0.15) is 0 Å². The summed E-state index contributed by atoms with van der Waals surface area (Å²) in [5, 5.41) is 3.35. The van der Waals surface area contributed by atoms with Crippen LogP contribution in [0.1, 0.15) is 39.0 Å². The van der Waals surface area contributed by atoms with E-state index in [0.717, 1.165) is 12.3 Å². The normalized spacial score (nSPS) is 20.1. The maximum atomic E-state index is 3.35. The molecule has 1 aliphatic rings. The number of hydrogen-bond donors (Lipinski definition) is 1. The lowest BCUT2D eigenvalue weighted by molar-refractivity contribution is 0.511. The molecule has 0 saturated heterocycles. The van der Waals surface area contributed by atoms with Crippen molar-refractivity contribution in [1.29, 1.82) is 0 Å². The molecule has 0 bridgehead atoms. The fourth-order valence-electron chi connectivity index (χ4n) is 1.61. The first kappa shape index (κ1) is 8.06. The average Bonchev–Trinajstić information content (AvgIpc) is 2.41. The van der Waals surface area contributed by atoms with Gasteiger partial charge in [0.25, 0.3) is 0 Å². The summed E-state index contributed by atoms with van der Waals surface area (Å²) in [5.41, 5.74) is 0. The Morgan fingerprint density at radius 2 is 2.10 bits per heavy atom. The molecule has 0 amide bonds. The molecule has 59 valence electrons. The van der Waals surface area contributed by atoms with Gasteiger partial charge in [-0.25, -0.2) is 0 Å². The minimum atomic E-state index is 0.975.